The van der Waals surface area contributed by atoms with Crippen LogP contribution in [0.25, 0.3) is 11.4 Å². The van der Waals surface area contributed by atoms with E-state index in [2.05, 4.69) is 14.9 Å². The Bertz CT molecular complexity index is 784. The van der Waals surface area contributed by atoms with Gasteiger partial charge in [-0.25, -0.2) is 18.6 Å². The molecule has 0 aliphatic heterocycles. The number of hydrogen-bond acceptors (Lipinski definition) is 4. The quantitative estimate of drug-likeness (QED) is 0.800. The molecule has 0 amide bonds. The average Bonchev–Trinajstić information content (AvgIpc) is 3.11. The summed E-state index contributed by atoms with van der Waals surface area (Å²) in [7, 11) is 2.00. The molecular formula is C19H24F2N4O2. The lowest BCUT2D eigenvalue weighted by molar-refractivity contribution is -0.0482. The fourth-order valence-corrected chi connectivity index (χ4v) is 3.42. The van der Waals surface area contributed by atoms with Gasteiger partial charge in [0.25, 0.3) is 0 Å². The van der Waals surface area contributed by atoms with E-state index in [0.29, 0.717) is 36.7 Å². The van der Waals surface area contributed by atoms with E-state index >= 15 is 0 Å². The molecular weight excluding hydrogens is 354 g/mol. The van der Waals surface area contributed by atoms with E-state index in [1.807, 2.05) is 17.8 Å². The summed E-state index contributed by atoms with van der Waals surface area (Å²) >= 11 is 0. The van der Waals surface area contributed by atoms with Crippen LogP contribution in [0.1, 0.15) is 36.0 Å². The monoisotopic (exact) mass is 378 g/mol. The molecule has 1 aliphatic rings. The number of aromatic nitrogens is 3. The van der Waals surface area contributed by atoms with Gasteiger partial charge < -0.3 is 14.6 Å². The summed E-state index contributed by atoms with van der Waals surface area (Å²) in [5.41, 5.74) is 1.31. The highest BCUT2D eigenvalue weighted by Crippen LogP contribution is 2.36. The van der Waals surface area contributed by atoms with E-state index in [0.717, 1.165) is 13.1 Å². The highest BCUT2D eigenvalue weighted by Gasteiger charge is 2.34. The molecule has 8 heteroatoms. The lowest BCUT2D eigenvalue weighted by Gasteiger charge is -2.31. The van der Waals surface area contributed by atoms with Crippen LogP contribution >= 0.6 is 0 Å². The molecule has 146 valence electrons. The number of imidazole rings is 1. The van der Waals surface area contributed by atoms with Gasteiger partial charge in [0.15, 0.2) is 0 Å². The second-order valence-corrected chi connectivity index (χ2v) is 7.29. The van der Waals surface area contributed by atoms with Gasteiger partial charge in [0.05, 0.1) is 17.6 Å². The SMILES string of the molecule is CN(CCn1cnc(-c2cc(C(=O)O)ccn2)c1)CC1CCC(F)(F)CC1. The van der Waals surface area contributed by atoms with Crippen LogP contribution in [0, 0.1) is 5.92 Å². The number of carboxylic acid groups (broad SMARTS) is 1. The molecule has 0 bridgehead atoms. The molecule has 0 atom stereocenters. The van der Waals surface area contributed by atoms with Crippen LogP contribution in [0.5, 0.6) is 0 Å². The number of carbonyl (C=O) groups is 1. The van der Waals surface area contributed by atoms with Crippen molar-refractivity contribution in [1.29, 1.82) is 0 Å². The third-order valence-electron chi connectivity index (χ3n) is 5.05. The maximum atomic E-state index is 13.2. The normalized spacial score (nSPS) is 17.3. The molecule has 6 nitrogen and oxygen atoms in total. The van der Waals surface area contributed by atoms with Crippen molar-refractivity contribution in [2.75, 3.05) is 20.1 Å². The van der Waals surface area contributed by atoms with E-state index in [4.69, 9.17) is 5.11 Å². The van der Waals surface area contributed by atoms with Gasteiger partial charge in [0, 0.05) is 44.9 Å². The minimum Gasteiger partial charge on any atom is -0.478 e. The molecule has 0 spiro atoms. The summed E-state index contributed by atoms with van der Waals surface area (Å²) in [6.45, 7) is 2.32. The Morgan fingerprint density at radius 1 is 1.33 bits per heavy atom. The number of alkyl halides is 2. The maximum Gasteiger partial charge on any atom is 0.335 e. The fourth-order valence-electron chi connectivity index (χ4n) is 3.42. The summed E-state index contributed by atoms with van der Waals surface area (Å²) in [5.74, 6) is -3.15. The topological polar surface area (TPSA) is 71.2 Å². The highest BCUT2D eigenvalue weighted by atomic mass is 19.3. The lowest BCUT2D eigenvalue weighted by Crippen LogP contribution is -2.33. The first-order valence-electron chi connectivity index (χ1n) is 9.10. The van der Waals surface area contributed by atoms with Gasteiger partial charge in [-0.3, -0.25) is 4.98 Å². The number of likely N-dealkylation sites (N-methyl/N-ethyl adjacent to an activating group) is 1. The Kier molecular flexibility index (Phi) is 5.84. The third-order valence-corrected chi connectivity index (χ3v) is 5.05. The summed E-state index contributed by atoms with van der Waals surface area (Å²) in [6.07, 6.45) is 6.15. The zero-order chi connectivity index (χ0) is 19.4. The second kappa shape index (κ2) is 8.12. The first-order valence-corrected chi connectivity index (χ1v) is 9.10. The van der Waals surface area contributed by atoms with Crippen LogP contribution in [-0.2, 0) is 6.54 Å². The molecule has 1 aliphatic carbocycles. The standard InChI is InChI=1S/C19H24F2N4O2/c1-24(11-14-2-5-19(20,21)6-3-14)8-9-25-12-17(23-13-25)16-10-15(18(26)27)4-7-22-16/h4,7,10,12-14H,2-3,5-6,8-9,11H2,1H3,(H,26,27). The number of carboxylic acids is 1. The highest BCUT2D eigenvalue weighted by molar-refractivity contribution is 5.88. The molecule has 0 unspecified atom stereocenters. The maximum absolute atomic E-state index is 13.2. The molecule has 1 saturated carbocycles. The Balaban J connectivity index is 1.51. The van der Waals surface area contributed by atoms with Gasteiger partial charge in [-0.05, 0) is 37.9 Å². The largest absolute Gasteiger partial charge is 0.478 e. The number of halogens is 2. The molecule has 0 aromatic carbocycles. The van der Waals surface area contributed by atoms with E-state index in [1.54, 1.807) is 6.33 Å². The number of pyridine rings is 1. The van der Waals surface area contributed by atoms with Crippen LogP contribution in [-0.4, -0.2) is 56.6 Å². The smallest absolute Gasteiger partial charge is 0.335 e. The second-order valence-electron chi connectivity index (χ2n) is 7.29. The zero-order valence-electron chi connectivity index (χ0n) is 15.3. The predicted octanol–water partition coefficient (Wildman–Crippen LogP) is 3.40. The Labute approximate surface area is 156 Å². The Morgan fingerprint density at radius 3 is 2.78 bits per heavy atom. The van der Waals surface area contributed by atoms with Gasteiger partial charge in [-0.15, -0.1) is 0 Å². The van der Waals surface area contributed by atoms with E-state index in [-0.39, 0.29) is 18.4 Å². The lowest BCUT2D eigenvalue weighted by atomic mass is 9.86. The van der Waals surface area contributed by atoms with Gasteiger partial charge in [0.2, 0.25) is 5.92 Å². The molecule has 2 heterocycles. The van der Waals surface area contributed by atoms with E-state index < -0.39 is 11.9 Å². The fraction of sp³-hybridized carbons (Fsp3) is 0.526. The number of hydrogen-bond donors (Lipinski definition) is 1. The summed E-state index contributed by atoms with van der Waals surface area (Å²) in [6, 6.07) is 2.94. The van der Waals surface area contributed by atoms with Crippen molar-refractivity contribution in [1.82, 2.24) is 19.4 Å². The number of rotatable bonds is 7. The minimum absolute atomic E-state index is 0.00120. The van der Waals surface area contributed by atoms with E-state index in [1.165, 1.54) is 18.3 Å². The molecule has 2 aromatic rings. The van der Waals surface area contributed by atoms with Crippen molar-refractivity contribution in [2.24, 2.45) is 5.92 Å². The van der Waals surface area contributed by atoms with Crippen LogP contribution in [0.3, 0.4) is 0 Å². The van der Waals surface area contributed by atoms with Crippen molar-refractivity contribution in [3.63, 3.8) is 0 Å². The third kappa shape index (κ3) is 5.32. The van der Waals surface area contributed by atoms with Crippen molar-refractivity contribution >= 4 is 5.97 Å². The van der Waals surface area contributed by atoms with Crippen molar-refractivity contribution in [2.45, 2.75) is 38.2 Å². The molecule has 1 N–H and O–H groups in total. The van der Waals surface area contributed by atoms with Crippen molar-refractivity contribution in [3.05, 3.63) is 36.4 Å². The Hall–Kier alpha value is -2.35. The van der Waals surface area contributed by atoms with Crippen molar-refractivity contribution < 1.29 is 18.7 Å². The van der Waals surface area contributed by atoms with Gasteiger partial charge in [0.1, 0.15) is 5.69 Å². The summed E-state index contributed by atoms with van der Waals surface area (Å²) < 4.78 is 28.4. The zero-order valence-corrected chi connectivity index (χ0v) is 15.3. The molecule has 1 fully saturated rings. The molecule has 0 saturated heterocycles. The first-order chi connectivity index (χ1) is 12.8. The molecule has 0 radical (unpaired) electrons. The van der Waals surface area contributed by atoms with E-state index in [9.17, 15) is 13.6 Å². The van der Waals surface area contributed by atoms with Gasteiger partial charge in [-0.2, -0.15) is 0 Å². The predicted molar refractivity (Wildman–Crippen MR) is 96.8 cm³/mol. The summed E-state index contributed by atoms with van der Waals surface area (Å²) in [4.78, 5) is 21.7. The number of nitrogens with zero attached hydrogens (tertiary/aromatic N) is 4. The van der Waals surface area contributed by atoms with Crippen LogP contribution in [0.2, 0.25) is 0 Å². The van der Waals surface area contributed by atoms with Crippen LogP contribution in [0.4, 0.5) is 8.78 Å². The van der Waals surface area contributed by atoms with Crippen molar-refractivity contribution in [3.8, 4) is 11.4 Å². The molecule has 2 aromatic heterocycles. The van der Waals surface area contributed by atoms with Gasteiger partial charge in [-0.1, -0.05) is 0 Å². The van der Waals surface area contributed by atoms with Crippen LogP contribution in [0.15, 0.2) is 30.9 Å². The summed E-state index contributed by atoms with van der Waals surface area (Å²) in [5, 5.41) is 9.07. The average molecular weight is 378 g/mol. The van der Waals surface area contributed by atoms with Gasteiger partial charge >= 0.3 is 5.97 Å². The Morgan fingerprint density at radius 2 is 2.07 bits per heavy atom. The molecule has 3 rings (SSSR count). The molecule has 27 heavy (non-hydrogen) atoms. The first kappa shape index (κ1) is 19.4. The minimum atomic E-state index is -2.48. The van der Waals surface area contributed by atoms with Crippen LogP contribution < -0.4 is 0 Å². The number of aromatic carboxylic acids is 1.